The van der Waals surface area contributed by atoms with Crippen LogP contribution >= 0.6 is 0 Å². The average Bonchev–Trinajstić information content (AvgIpc) is 2.73. The van der Waals surface area contributed by atoms with E-state index in [1.165, 1.54) is 0 Å². The van der Waals surface area contributed by atoms with Gasteiger partial charge in [-0.3, -0.25) is 4.79 Å². The fourth-order valence-electron chi connectivity index (χ4n) is 2.91. The molecule has 0 spiro atoms. The first-order valence-electron chi connectivity index (χ1n) is 7.95. The SMILES string of the molecule is CN1C(=O)c2ccccc2N(C)c2nc(Nc3ccccc3)ncc21. The maximum Gasteiger partial charge on any atom is 0.260 e. The first kappa shape index (κ1) is 15.1. The quantitative estimate of drug-likeness (QED) is 0.778. The summed E-state index contributed by atoms with van der Waals surface area (Å²) in [7, 11) is 3.65. The molecule has 0 bridgehead atoms. The van der Waals surface area contributed by atoms with Gasteiger partial charge in [-0.15, -0.1) is 0 Å². The van der Waals surface area contributed by atoms with Crippen molar-refractivity contribution in [1.82, 2.24) is 9.97 Å². The molecule has 6 heteroatoms. The molecule has 1 aromatic heterocycles. The summed E-state index contributed by atoms with van der Waals surface area (Å²) < 4.78 is 0. The van der Waals surface area contributed by atoms with Gasteiger partial charge in [0.05, 0.1) is 17.4 Å². The van der Waals surface area contributed by atoms with E-state index in [0.717, 1.165) is 11.4 Å². The maximum absolute atomic E-state index is 12.7. The van der Waals surface area contributed by atoms with Gasteiger partial charge in [0, 0.05) is 19.8 Å². The second-order valence-corrected chi connectivity index (χ2v) is 5.83. The Kier molecular flexibility index (Phi) is 3.57. The average molecular weight is 331 g/mol. The molecule has 1 aliphatic heterocycles. The predicted molar refractivity (Wildman–Crippen MR) is 99.0 cm³/mol. The minimum atomic E-state index is -0.0754. The van der Waals surface area contributed by atoms with Crippen LogP contribution in [0.2, 0.25) is 0 Å². The van der Waals surface area contributed by atoms with Gasteiger partial charge in [0.2, 0.25) is 5.95 Å². The standard InChI is InChI=1S/C19H17N5O/c1-23-15-11-7-6-10-14(15)18(25)24(2)16-12-20-19(22-17(16)23)21-13-8-4-3-5-9-13/h3-12H,1-2H3,(H,20,21,22). The summed E-state index contributed by atoms with van der Waals surface area (Å²) in [6.07, 6.45) is 1.67. The van der Waals surface area contributed by atoms with Crippen LogP contribution in [0.5, 0.6) is 0 Å². The summed E-state index contributed by atoms with van der Waals surface area (Å²) in [5.41, 5.74) is 3.04. The maximum atomic E-state index is 12.7. The number of nitrogens with one attached hydrogen (secondary N) is 1. The lowest BCUT2D eigenvalue weighted by molar-refractivity contribution is 0.0994. The van der Waals surface area contributed by atoms with Crippen molar-refractivity contribution >= 4 is 34.7 Å². The van der Waals surface area contributed by atoms with Gasteiger partial charge in [-0.2, -0.15) is 4.98 Å². The summed E-state index contributed by atoms with van der Waals surface area (Å²) in [4.78, 5) is 25.3. The van der Waals surface area contributed by atoms with Gasteiger partial charge in [-0.1, -0.05) is 30.3 Å². The minimum Gasteiger partial charge on any atom is -0.327 e. The Bertz CT molecular complexity index is 942. The smallest absolute Gasteiger partial charge is 0.260 e. The highest BCUT2D eigenvalue weighted by Gasteiger charge is 2.28. The Labute approximate surface area is 145 Å². The van der Waals surface area contributed by atoms with Crippen molar-refractivity contribution < 1.29 is 4.79 Å². The van der Waals surface area contributed by atoms with Crippen LogP contribution in [0.3, 0.4) is 0 Å². The number of benzene rings is 2. The molecule has 4 rings (SSSR count). The zero-order valence-corrected chi connectivity index (χ0v) is 14.0. The number of rotatable bonds is 2. The Morgan fingerprint density at radius 2 is 1.60 bits per heavy atom. The Morgan fingerprint density at radius 3 is 2.40 bits per heavy atom. The van der Waals surface area contributed by atoms with Crippen LogP contribution in [0.25, 0.3) is 0 Å². The van der Waals surface area contributed by atoms with Crippen molar-refractivity contribution in [3.8, 4) is 0 Å². The van der Waals surface area contributed by atoms with E-state index in [4.69, 9.17) is 0 Å². The Balaban J connectivity index is 1.80. The summed E-state index contributed by atoms with van der Waals surface area (Å²) in [5, 5.41) is 3.19. The third-order valence-electron chi connectivity index (χ3n) is 4.26. The number of anilines is 5. The largest absolute Gasteiger partial charge is 0.327 e. The molecule has 25 heavy (non-hydrogen) atoms. The Hall–Kier alpha value is -3.41. The second-order valence-electron chi connectivity index (χ2n) is 5.83. The number of carbonyl (C=O) groups excluding carboxylic acids is 1. The van der Waals surface area contributed by atoms with Gasteiger partial charge in [-0.05, 0) is 24.3 Å². The van der Waals surface area contributed by atoms with Crippen LogP contribution in [0, 0.1) is 0 Å². The van der Waals surface area contributed by atoms with Gasteiger partial charge >= 0.3 is 0 Å². The highest BCUT2D eigenvalue weighted by atomic mass is 16.2. The van der Waals surface area contributed by atoms with Crippen LogP contribution in [0.4, 0.5) is 28.8 Å². The molecular formula is C19H17N5O. The fourth-order valence-corrected chi connectivity index (χ4v) is 2.91. The monoisotopic (exact) mass is 331 g/mol. The molecular weight excluding hydrogens is 314 g/mol. The molecule has 0 aliphatic carbocycles. The van der Waals surface area contributed by atoms with Crippen molar-refractivity contribution in [3.63, 3.8) is 0 Å². The van der Waals surface area contributed by atoms with Crippen LogP contribution < -0.4 is 15.1 Å². The number of aromatic nitrogens is 2. The summed E-state index contributed by atoms with van der Waals surface area (Å²) in [6, 6.07) is 17.3. The lowest BCUT2D eigenvalue weighted by Crippen LogP contribution is -2.25. The molecule has 0 saturated heterocycles. The number of amides is 1. The van der Waals surface area contributed by atoms with Gasteiger partial charge in [0.25, 0.3) is 5.91 Å². The van der Waals surface area contributed by atoms with E-state index in [0.29, 0.717) is 23.0 Å². The van der Waals surface area contributed by atoms with Crippen LogP contribution in [-0.2, 0) is 0 Å². The third-order valence-corrected chi connectivity index (χ3v) is 4.26. The molecule has 0 atom stereocenters. The molecule has 1 amide bonds. The van der Waals surface area contributed by atoms with Crippen LogP contribution in [-0.4, -0.2) is 30.0 Å². The van der Waals surface area contributed by atoms with E-state index in [9.17, 15) is 4.79 Å². The van der Waals surface area contributed by atoms with Crippen LogP contribution in [0.15, 0.2) is 60.8 Å². The lowest BCUT2D eigenvalue weighted by atomic mass is 10.1. The first-order valence-corrected chi connectivity index (χ1v) is 7.95. The normalized spacial score (nSPS) is 13.1. The zero-order valence-electron chi connectivity index (χ0n) is 14.0. The van der Waals surface area contributed by atoms with E-state index < -0.39 is 0 Å². The molecule has 3 aromatic rings. The minimum absolute atomic E-state index is 0.0754. The molecule has 124 valence electrons. The van der Waals surface area contributed by atoms with Crippen molar-refractivity contribution in [3.05, 3.63) is 66.4 Å². The van der Waals surface area contributed by atoms with E-state index in [1.807, 2.05) is 66.5 Å². The predicted octanol–water partition coefficient (Wildman–Crippen LogP) is 3.58. The highest BCUT2D eigenvalue weighted by molar-refractivity contribution is 6.13. The van der Waals surface area contributed by atoms with Crippen LogP contribution in [0.1, 0.15) is 10.4 Å². The number of carbonyl (C=O) groups is 1. The van der Waals surface area contributed by atoms with Gasteiger partial charge in [0.15, 0.2) is 5.82 Å². The van der Waals surface area contributed by atoms with Crippen molar-refractivity contribution in [2.45, 2.75) is 0 Å². The van der Waals surface area contributed by atoms with Crippen molar-refractivity contribution in [1.29, 1.82) is 0 Å². The summed E-state index contributed by atoms with van der Waals surface area (Å²) >= 11 is 0. The highest BCUT2D eigenvalue weighted by Crippen LogP contribution is 2.37. The number of fused-ring (bicyclic) bond motifs is 2. The number of hydrogen-bond donors (Lipinski definition) is 1. The summed E-state index contributed by atoms with van der Waals surface area (Å²) in [6.45, 7) is 0. The Morgan fingerprint density at radius 1 is 0.880 bits per heavy atom. The topological polar surface area (TPSA) is 61.4 Å². The molecule has 2 aromatic carbocycles. The number of hydrogen-bond acceptors (Lipinski definition) is 5. The number of para-hydroxylation sites is 2. The molecule has 0 unspecified atom stereocenters. The molecule has 1 N–H and O–H groups in total. The second kappa shape index (κ2) is 5.90. The fraction of sp³-hybridized carbons (Fsp3) is 0.105. The van der Waals surface area contributed by atoms with Crippen molar-refractivity contribution in [2.75, 3.05) is 29.2 Å². The molecule has 0 radical (unpaired) electrons. The molecule has 6 nitrogen and oxygen atoms in total. The number of nitrogens with zero attached hydrogens (tertiary/aromatic N) is 4. The first-order chi connectivity index (χ1) is 12.1. The van der Waals surface area contributed by atoms with E-state index >= 15 is 0 Å². The molecule has 0 saturated carbocycles. The van der Waals surface area contributed by atoms with Crippen molar-refractivity contribution in [2.24, 2.45) is 0 Å². The molecule has 2 heterocycles. The summed E-state index contributed by atoms with van der Waals surface area (Å²) in [5.74, 6) is 1.08. The molecule has 1 aliphatic rings. The van der Waals surface area contributed by atoms with Gasteiger partial charge < -0.3 is 15.1 Å². The van der Waals surface area contributed by atoms with E-state index in [-0.39, 0.29) is 5.91 Å². The van der Waals surface area contributed by atoms with Gasteiger partial charge in [-0.25, -0.2) is 4.98 Å². The zero-order chi connectivity index (χ0) is 17.4. The lowest BCUT2D eigenvalue weighted by Gasteiger charge is -2.21. The molecule has 0 fully saturated rings. The third kappa shape index (κ3) is 2.57. The van der Waals surface area contributed by atoms with Gasteiger partial charge in [0.1, 0.15) is 5.69 Å². The van der Waals surface area contributed by atoms with E-state index in [2.05, 4.69) is 15.3 Å². The van der Waals surface area contributed by atoms with E-state index in [1.54, 1.807) is 18.1 Å².